The molecule has 0 N–H and O–H groups in total. The van der Waals surface area contributed by atoms with Gasteiger partial charge in [0.1, 0.15) is 0 Å². The summed E-state index contributed by atoms with van der Waals surface area (Å²) in [5, 5.41) is 1.58. The van der Waals surface area contributed by atoms with E-state index in [-0.39, 0.29) is 0 Å². The van der Waals surface area contributed by atoms with Gasteiger partial charge in [0.2, 0.25) is 0 Å². The molecule has 1 heterocycles. The highest BCUT2D eigenvalue weighted by molar-refractivity contribution is 7.30. The highest BCUT2D eigenvalue weighted by Gasteiger charge is 1.81. The molecule has 1 atom stereocenters. The van der Waals surface area contributed by atoms with E-state index in [4.69, 9.17) is 0 Å². The molecule has 0 spiro atoms. The maximum atomic E-state index is 2.22. The standard InChI is InChI=1S/C6H9P/c1-2-6-4-3-5-7-6/h3-5,7H,2H2,1H3. The average molecular weight is 112 g/mol. The van der Waals surface area contributed by atoms with Crippen molar-refractivity contribution in [3.05, 3.63) is 23.2 Å². The summed E-state index contributed by atoms with van der Waals surface area (Å²) in [4.78, 5) is 0. The Bertz CT molecular complexity index is 119. The summed E-state index contributed by atoms with van der Waals surface area (Å²) < 4.78 is 0. The quantitative estimate of drug-likeness (QED) is 0.522. The van der Waals surface area contributed by atoms with Gasteiger partial charge in [-0.05, 0) is 17.5 Å². The van der Waals surface area contributed by atoms with Crippen LogP contribution >= 0.6 is 8.19 Å². The van der Waals surface area contributed by atoms with Gasteiger partial charge < -0.3 is 0 Å². The predicted octanol–water partition coefficient (Wildman–Crippen LogP) is 2.28. The van der Waals surface area contributed by atoms with Crippen LogP contribution in [0.2, 0.25) is 0 Å². The monoisotopic (exact) mass is 112 g/mol. The molecule has 0 saturated carbocycles. The molecule has 0 fully saturated rings. The van der Waals surface area contributed by atoms with Crippen LogP contribution in [0, 0.1) is 0 Å². The first-order chi connectivity index (χ1) is 3.43. The lowest BCUT2D eigenvalue weighted by molar-refractivity contribution is 1.19. The zero-order chi connectivity index (χ0) is 5.11. The molecule has 1 unspecified atom stereocenters. The van der Waals surface area contributed by atoms with E-state index in [0.29, 0.717) is 0 Å². The molecule has 0 aromatic carbocycles. The molecule has 1 heteroatoms. The third kappa shape index (κ3) is 1.07. The van der Waals surface area contributed by atoms with Crippen LogP contribution in [0.15, 0.2) is 17.9 Å². The average Bonchev–Trinajstić information content (AvgIpc) is 2.14. The first-order valence-electron chi connectivity index (χ1n) is 2.55. The summed E-state index contributed by atoms with van der Waals surface area (Å²) in [5.41, 5.74) is 0. The van der Waals surface area contributed by atoms with Gasteiger partial charge in [0.05, 0.1) is 0 Å². The smallest absolute Gasteiger partial charge is 0.0272 e. The van der Waals surface area contributed by atoms with Gasteiger partial charge in [0, 0.05) is 0 Å². The Morgan fingerprint density at radius 3 is 2.86 bits per heavy atom. The minimum atomic E-state index is 0.980. The molecule has 0 amide bonds. The van der Waals surface area contributed by atoms with E-state index in [2.05, 4.69) is 24.9 Å². The van der Waals surface area contributed by atoms with Crippen LogP contribution in [-0.2, 0) is 6.42 Å². The molecule has 1 aromatic rings. The van der Waals surface area contributed by atoms with E-state index in [0.717, 1.165) is 8.19 Å². The van der Waals surface area contributed by atoms with E-state index in [1.165, 1.54) is 6.42 Å². The fraction of sp³-hybridized carbons (Fsp3) is 0.333. The zero-order valence-corrected chi connectivity index (χ0v) is 5.44. The Hall–Kier alpha value is -0.220. The minimum absolute atomic E-state index is 0.980. The highest BCUT2D eigenvalue weighted by Crippen LogP contribution is 2.13. The molecule has 0 aliphatic heterocycles. The highest BCUT2D eigenvalue weighted by atomic mass is 31.0. The SMILES string of the molecule is CCc1ccc[pH]1. The number of aryl methyl sites for hydroxylation is 1. The Morgan fingerprint density at radius 1 is 1.71 bits per heavy atom. The van der Waals surface area contributed by atoms with E-state index >= 15 is 0 Å². The first kappa shape index (κ1) is 4.93. The van der Waals surface area contributed by atoms with Crippen molar-refractivity contribution < 1.29 is 0 Å². The van der Waals surface area contributed by atoms with Gasteiger partial charge in [-0.1, -0.05) is 19.1 Å². The molecule has 0 radical (unpaired) electrons. The third-order valence-corrected chi connectivity index (χ3v) is 2.29. The van der Waals surface area contributed by atoms with Crippen LogP contribution in [0.25, 0.3) is 0 Å². The molecule has 0 bridgehead atoms. The lowest BCUT2D eigenvalue weighted by atomic mass is 10.4. The lowest BCUT2D eigenvalue weighted by Crippen LogP contribution is -1.62. The van der Waals surface area contributed by atoms with Gasteiger partial charge in [-0.15, -0.1) is 8.19 Å². The Morgan fingerprint density at radius 2 is 2.57 bits per heavy atom. The van der Waals surface area contributed by atoms with Crippen molar-refractivity contribution in [2.75, 3.05) is 0 Å². The lowest BCUT2D eigenvalue weighted by Gasteiger charge is -1.80. The maximum Gasteiger partial charge on any atom is -0.0272 e. The largest absolute Gasteiger partial charge is 0.137 e. The van der Waals surface area contributed by atoms with E-state index in [1.807, 2.05) is 0 Å². The van der Waals surface area contributed by atoms with Crippen LogP contribution in [0.1, 0.15) is 12.2 Å². The second-order valence-corrected chi connectivity index (χ2v) is 2.81. The minimum Gasteiger partial charge on any atom is -0.137 e. The topological polar surface area (TPSA) is 0 Å². The van der Waals surface area contributed by atoms with Gasteiger partial charge >= 0.3 is 0 Å². The van der Waals surface area contributed by atoms with Crippen LogP contribution in [-0.4, -0.2) is 0 Å². The molecule has 0 aliphatic rings. The van der Waals surface area contributed by atoms with E-state index in [1.54, 1.807) is 5.30 Å². The Kier molecular flexibility index (Phi) is 1.54. The van der Waals surface area contributed by atoms with Crippen LogP contribution in [0.5, 0.6) is 0 Å². The number of hydrogen-bond donors (Lipinski definition) is 0. The summed E-state index contributed by atoms with van der Waals surface area (Å²) in [6, 6.07) is 4.34. The summed E-state index contributed by atoms with van der Waals surface area (Å²) >= 11 is 0. The van der Waals surface area contributed by atoms with Crippen molar-refractivity contribution in [3.8, 4) is 0 Å². The number of hydrogen-bond acceptors (Lipinski definition) is 0. The van der Waals surface area contributed by atoms with Crippen molar-refractivity contribution in [2.24, 2.45) is 0 Å². The fourth-order valence-electron chi connectivity index (χ4n) is 0.587. The summed E-state index contributed by atoms with van der Waals surface area (Å²) in [7, 11) is 0.980. The third-order valence-electron chi connectivity index (χ3n) is 1.04. The summed E-state index contributed by atoms with van der Waals surface area (Å²) in [6.45, 7) is 2.20. The second kappa shape index (κ2) is 2.18. The zero-order valence-electron chi connectivity index (χ0n) is 4.44. The van der Waals surface area contributed by atoms with Gasteiger partial charge in [-0.2, -0.15) is 0 Å². The fourth-order valence-corrected chi connectivity index (χ4v) is 1.39. The second-order valence-electron chi connectivity index (χ2n) is 1.55. The molecular formula is C6H9P. The van der Waals surface area contributed by atoms with Crippen molar-refractivity contribution in [1.82, 2.24) is 0 Å². The van der Waals surface area contributed by atoms with E-state index < -0.39 is 0 Å². The Labute approximate surface area is 45.6 Å². The van der Waals surface area contributed by atoms with Gasteiger partial charge in [-0.3, -0.25) is 0 Å². The van der Waals surface area contributed by atoms with Gasteiger partial charge in [-0.25, -0.2) is 0 Å². The van der Waals surface area contributed by atoms with Crippen LogP contribution in [0.3, 0.4) is 0 Å². The van der Waals surface area contributed by atoms with Gasteiger partial charge in [0.25, 0.3) is 0 Å². The van der Waals surface area contributed by atoms with Crippen molar-refractivity contribution in [1.29, 1.82) is 0 Å². The predicted molar refractivity (Wildman–Crippen MR) is 35.3 cm³/mol. The molecular weight excluding hydrogens is 103 g/mol. The summed E-state index contributed by atoms with van der Waals surface area (Å²) in [5.74, 6) is 2.22. The molecule has 0 aliphatic carbocycles. The number of rotatable bonds is 1. The molecule has 1 rings (SSSR count). The summed E-state index contributed by atoms with van der Waals surface area (Å²) in [6.07, 6.45) is 1.23. The van der Waals surface area contributed by atoms with Crippen molar-refractivity contribution in [2.45, 2.75) is 13.3 Å². The first-order valence-corrected chi connectivity index (χ1v) is 3.63. The maximum absolute atomic E-state index is 2.22. The van der Waals surface area contributed by atoms with Crippen LogP contribution in [0.4, 0.5) is 0 Å². The van der Waals surface area contributed by atoms with Crippen LogP contribution < -0.4 is 0 Å². The Balaban J connectivity index is 2.76. The van der Waals surface area contributed by atoms with Gasteiger partial charge in [0.15, 0.2) is 0 Å². The molecule has 0 saturated heterocycles. The van der Waals surface area contributed by atoms with E-state index in [9.17, 15) is 0 Å². The molecule has 7 heavy (non-hydrogen) atoms. The normalized spacial score (nSPS) is 10.4. The molecule has 0 nitrogen and oxygen atoms in total. The molecule has 38 valence electrons. The van der Waals surface area contributed by atoms with Crippen molar-refractivity contribution >= 4 is 8.19 Å². The van der Waals surface area contributed by atoms with Crippen molar-refractivity contribution in [3.63, 3.8) is 0 Å². The molecule has 1 aromatic heterocycles.